The number of nitrogens with zero attached hydrogens (tertiary/aromatic N) is 3. The van der Waals surface area contributed by atoms with Crippen LogP contribution in [-0.2, 0) is 4.79 Å². The van der Waals surface area contributed by atoms with Gasteiger partial charge in [-0.15, -0.1) is 5.10 Å². The predicted molar refractivity (Wildman–Crippen MR) is 128 cm³/mol. The zero-order valence-electron chi connectivity index (χ0n) is 19.1. The number of benzene rings is 2. The van der Waals surface area contributed by atoms with Gasteiger partial charge < -0.3 is 10.4 Å². The van der Waals surface area contributed by atoms with E-state index in [4.69, 9.17) is 0 Å². The highest BCUT2D eigenvalue weighted by atomic mass is 32.1. The lowest BCUT2D eigenvalue weighted by molar-refractivity contribution is -0.123. The van der Waals surface area contributed by atoms with Gasteiger partial charge in [0.1, 0.15) is 17.6 Å². The van der Waals surface area contributed by atoms with Crippen molar-refractivity contribution < 1.29 is 19.1 Å². The van der Waals surface area contributed by atoms with E-state index >= 15 is 0 Å². The van der Waals surface area contributed by atoms with Crippen molar-refractivity contribution >= 4 is 29.0 Å². The molecule has 1 aliphatic carbocycles. The molecule has 0 spiro atoms. The van der Waals surface area contributed by atoms with Crippen LogP contribution in [0.3, 0.4) is 0 Å². The number of aryl methyl sites for hydroxylation is 2. The Morgan fingerprint density at radius 2 is 1.91 bits per heavy atom. The predicted octanol–water partition coefficient (Wildman–Crippen LogP) is 4.84. The van der Waals surface area contributed by atoms with Crippen LogP contribution in [0.15, 0.2) is 42.5 Å². The highest BCUT2D eigenvalue weighted by Crippen LogP contribution is 2.33. The molecule has 0 bridgehead atoms. The van der Waals surface area contributed by atoms with E-state index in [1.54, 1.807) is 38.1 Å². The molecule has 0 radical (unpaired) electrons. The summed E-state index contributed by atoms with van der Waals surface area (Å²) in [4.78, 5) is 29.4. The number of hydrogen-bond acceptors (Lipinski definition) is 6. The van der Waals surface area contributed by atoms with Gasteiger partial charge in [0.05, 0.1) is 4.88 Å². The fourth-order valence-corrected chi connectivity index (χ4v) is 4.76. The van der Waals surface area contributed by atoms with Gasteiger partial charge in [0.25, 0.3) is 5.91 Å². The fraction of sp³-hybridized carbons (Fsp3) is 0.360. The lowest BCUT2D eigenvalue weighted by Gasteiger charge is -2.33. The average molecular weight is 483 g/mol. The largest absolute Gasteiger partial charge is 0.508 e. The third kappa shape index (κ3) is 5.09. The van der Waals surface area contributed by atoms with Crippen LogP contribution in [-0.4, -0.2) is 32.5 Å². The van der Waals surface area contributed by atoms with Crippen LogP contribution in [0.25, 0.3) is 0 Å². The molecule has 4 rings (SSSR count). The van der Waals surface area contributed by atoms with E-state index in [0.29, 0.717) is 16.0 Å². The van der Waals surface area contributed by atoms with Crippen molar-refractivity contribution in [2.75, 3.05) is 4.90 Å². The highest BCUT2D eigenvalue weighted by Gasteiger charge is 2.36. The first-order valence-electron chi connectivity index (χ1n) is 11.3. The molecule has 2 amide bonds. The molecule has 1 aliphatic rings. The third-order valence-corrected chi connectivity index (χ3v) is 6.78. The van der Waals surface area contributed by atoms with Crippen LogP contribution >= 0.6 is 11.5 Å². The Labute approximate surface area is 201 Å². The fourth-order valence-electron chi connectivity index (χ4n) is 4.30. The maximum atomic E-state index is 14.6. The molecular weight excluding hydrogens is 455 g/mol. The van der Waals surface area contributed by atoms with Gasteiger partial charge >= 0.3 is 0 Å². The Morgan fingerprint density at radius 1 is 1.15 bits per heavy atom. The molecule has 1 aromatic heterocycles. The summed E-state index contributed by atoms with van der Waals surface area (Å²) in [6.07, 6.45) is 4.90. The van der Waals surface area contributed by atoms with Crippen LogP contribution in [0.4, 0.5) is 10.1 Å². The Hall–Kier alpha value is -3.33. The van der Waals surface area contributed by atoms with Crippen molar-refractivity contribution in [2.45, 2.75) is 58.0 Å². The number of hydrogen-bond donors (Lipinski definition) is 2. The molecule has 7 nitrogen and oxygen atoms in total. The molecule has 34 heavy (non-hydrogen) atoms. The number of nitrogens with one attached hydrogen (secondary N) is 1. The molecule has 1 unspecified atom stereocenters. The zero-order chi connectivity index (χ0) is 24.2. The Balaban J connectivity index is 1.84. The minimum atomic E-state index is -1.15. The van der Waals surface area contributed by atoms with Gasteiger partial charge in [0.15, 0.2) is 5.69 Å². The van der Waals surface area contributed by atoms with Crippen LogP contribution in [0, 0.1) is 19.7 Å². The minimum Gasteiger partial charge on any atom is -0.508 e. The van der Waals surface area contributed by atoms with Crippen LogP contribution in [0.2, 0.25) is 0 Å². The summed E-state index contributed by atoms with van der Waals surface area (Å²) in [5.41, 5.74) is 1.14. The van der Waals surface area contributed by atoms with Gasteiger partial charge in [-0.1, -0.05) is 41.9 Å². The molecule has 1 saturated carbocycles. The number of carbonyl (C=O) groups is 2. The first-order valence-corrected chi connectivity index (χ1v) is 12.1. The zero-order valence-corrected chi connectivity index (χ0v) is 19.9. The summed E-state index contributed by atoms with van der Waals surface area (Å²) in [6, 6.07) is 9.48. The lowest BCUT2D eigenvalue weighted by Crippen LogP contribution is -2.47. The number of phenolic OH excluding ortho intramolecular Hbond substituents is 1. The van der Waals surface area contributed by atoms with Gasteiger partial charge in [0.2, 0.25) is 5.91 Å². The number of aromatic hydroxyl groups is 1. The quantitative estimate of drug-likeness (QED) is 0.524. The normalized spacial score (nSPS) is 15.0. The Bertz CT molecular complexity index is 1190. The highest BCUT2D eigenvalue weighted by molar-refractivity contribution is 7.05. The third-order valence-electron chi connectivity index (χ3n) is 6.15. The Morgan fingerprint density at radius 3 is 2.56 bits per heavy atom. The first kappa shape index (κ1) is 23.8. The minimum absolute atomic E-state index is 0.00422. The second kappa shape index (κ2) is 10.3. The maximum Gasteiger partial charge on any atom is 0.281 e. The molecule has 0 aliphatic heterocycles. The van der Waals surface area contributed by atoms with Crippen molar-refractivity contribution in [1.29, 1.82) is 0 Å². The van der Waals surface area contributed by atoms with Crippen molar-refractivity contribution in [3.05, 3.63) is 70.0 Å². The van der Waals surface area contributed by atoms with Gasteiger partial charge in [-0.2, -0.15) is 0 Å². The van der Waals surface area contributed by atoms with E-state index in [9.17, 15) is 19.1 Å². The SMILES string of the molecule is Cc1ccc(N(C(=O)c2nnsc2C)C(C(=O)NC2CCCCC2)c2cccc(O)c2)cc1F. The molecule has 178 valence electrons. The van der Waals surface area contributed by atoms with Gasteiger partial charge in [-0.05, 0) is 73.6 Å². The summed E-state index contributed by atoms with van der Waals surface area (Å²) in [5, 5.41) is 17.2. The molecule has 1 atom stereocenters. The molecule has 2 aromatic carbocycles. The summed E-state index contributed by atoms with van der Waals surface area (Å²) in [7, 11) is 0. The number of halogens is 1. The molecule has 9 heteroatoms. The van der Waals surface area contributed by atoms with E-state index in [0.717, 1.165) is 43.6 Å². The van der Waals surface area contributed by atoms with Crippen molar-refractivity contribution in [3.8, 4) is 5.75 Å². The topological polar surface area (TPSA) is 95.4 Å². The van der Waals surface area contributed by atoms with Crippen molar-refractivity contribution in [3.63, 3.8) is 0 Å². The van der Waals surface area contributed by atoms with E-state index in [-0.39, 0.29) is 23.2 Å². The van der Waals surface area contributed by atoms with Gasteiger partial charge in [-0.25, -0.2) is 4.39 Å². The Kier molecular flexibility index (Phi) is 7.21. The number of aromatic nitrogens is 2. The summed E-state index contributed by atoms with van der Waals surface area (Å²) < 4.78 is 18.5. The van der Waals surface area contributed by atoms with Crippen molar-refractivity contribution in [1.82, 2.24) is 14.9 Å². The van der Waals surface area contributed by atoms with E-state index in [1.165, 1.54) is 23.1 Å². The molecule has 2 N–H and O–H groups in total. The van der Waals surface area contributed by atoms with Gasteiger partial charge in [0, 0.05) is 11.7 Å². The summed E-state index contributed by atoms with van der Waals surface area (Å²) >= 11 is 1.07. The van der Waals surface area contributed by atoms with Crippen LogP contribution in [0.1, 0.15) is 64.6 Å². The lowest BCUT2D eigenvalue weighted by atomic mass is 9.94. The first-order chi connectivity index (χ1) is 16.3. The second-order valence-electron chi connectivity index (χ2n) is 8.63. The van der Waals surface area contributed by atoms with Gasteiger partial charge in [-0.3, -0.25) is 14.5 Å². The molecule has 1 heterocycles. The second-order valence-corrected chi connectivity index (χ2v) is 9.59. The average Bonchev–Trinajstić information content (AvgIpc) is 3.25. The summed E-state index contributed by atoms with van der Waals surface area (Å²) in [5.74, 6) is -1.50. The van der Waals surface area contributed by atoms with Crippen LogP contribution < -0.4 is 10.2 Å². The molecule has 1 fully saturated rings. The molecule has 3 aromatic rings. The van der Waals surface area contributed by atoms with E-state index in [2.05, 4.69) is 14.9 Å². The van der Waals surface area contributed by atoms with E-state index < -0.39 is 23.7 Å². The molecular formula is C25H27FN4O3S. The standard InChI is InChI=1S/C25H27FN4O3S/c1-15-11-12-19(14-21(15)26)30(25(33)22-16(2)34-29-28-22)23(17-7-6-10-20(31)13-17)24(32)27-18-8-4-3-5-9-18/h6-7,10-14,18,23,31H,3-5,8-9H2,1-2H3,(H,27,32). The maximum absolute atomic E-state index is 14.6. The smallest absolute Gasteiger partial charge is 0.281 e. The van der Waals surface area contributed by atoms with Crippen LogP contribution in [0.5, 0.6) is 5.75 Å². The number of carbonyl (C=O) groups excluding carboxylic acids is 2. The van der Waals surface area contributed by atoms with Crippen molar-refractivity contribution in [2.24, 2.45) is 0 Å². The number of rotatable bonds is 6. The molecule has 0 saturated heterocycles. The number of amides is 2. The summed E-state index contributed by atoms with van der Waals surface area (Å²) in [6.45, 7) is 3.35. The van der Waals surface area contributed by atoms with E-state index in [1.807, 2.05) is 0 Å². The monoisotopic (exact) mass is 482 g/mol. The number of phenols is 1. The number of anilines is 1.